The number of benzene rings is 2. The Balaban J connectivity index is 1.72. The Bertz CT molecular complexity index is 985. The minimum atomic E-state index is -1.05. The molecule has 1 aliphatic heterocycles. The molecule has 0 bridgehead atoms. The number of Topliss-reactive ketones (excluding diaryl/α,β-unsaturated/α-hetero) is 1. The van der Waals surface area contributed by atoms with Crippen LogP contribution in [0.15, 0.2) is 42.5 Å². The van der Waals surface area contributed by atoms with Gasteiger partial charge < -0.3 is 9.47 Å². The molecule has 9 nitrogen and oxygen atoms in total. The quantitative estimate of drug-likeness (QED) is 0.317. The van der Waals surface area contributed by atoms with E-state index in [1.807, 2.05) is 6.92 Å². The van der Waals surface area contributed by atoms with E-state index in [0.717, 1.165) is 16.5 Å². The summed E-state index contributed by atoms with van der Waals surface area (Å²) in [5.74, 6) is -1.49. The van der Waals surface area contributed by atoms with Crippen LogP contribution in [0.25, 0.3) is 0 Å². The number of ether oxygens (including phenoxy) is 2. The number of carbonyl (C=O) groups is 3. The first-order valence-corrected chi connectivity index (χ1v) is 8.78. The van der Waals surface area contributed by atoms with Crippen molar-refractivity contribution in [1.82, 2.24) is 0 Å². The maximum absolute atomic E-state index is 12.4. The lowest BCUT2D eigenvalue weighted by atomic mass is 10.1. The molecule has 1 heterocycles. The number of anilines is 1. The zero-order valence-corrected chi connectivity index (χ0v) is 15.8. The number of amides is 1. The highest BCUT2D eigenvalue weighted by molar-refractivity contribution is 6.03. The minimum absolute atomic E-state index is 0.102. The number of aryl methyl sites for hydroxylation is 1. The molecule has 0 unspecified atom stereocenters. The number of non-ortho nitro benzene ring substituents is 1. The van der Waals surface area contributed by atoms with Crippen molar-refractivity contribution in [2.45, 2.75) is 20.0 Å². The summed E-state index contributed by atoms with van der Waals surface area (Å²) in [6, 6.07) is 10.6. The van der Waals surface area contributed by atoms with Gasteiger partial charge in [0.15, 0.2) is 12.7 Å². The Hall–Kier alpha value is -3.75. The maximum atomic E-state index is 12.4. The fraction of sp³-hybridized carbons (Fsp3) is 0.250. The molecule has 1 amide bonds. The highest BCUT2D eigenvalue weighted by Gasteiger charge is 2.30. The third kappa shape index (κ3) is 4.40. The molecule has 0 saturated heterocycles. The fourth-order valence-electron chi connectivity index (χ4n) is 2.85. The molecule has 150 valence electrons. The van der Waals surface area contributed by atoms with Gasteiger partial charge in [-0.2, -0.15) is 0 Å². The van der Waals surface area contributed by atoms with Crippen molar-refractivity contribution in [2.75, 3.05) is 18.1 Å². The first kappa shape index (κ1) is 20.0. The summed E-state index contributed by atoms with van der Waals surface area (Å²) in [6.45, 7) is 2.52. The molecule has 2 aromatic carbocycles. The van der Waals surface area contributed by atoms with Gasteiger partial charge in [-0.3, -0.25) is 29.4 Å². The smallest absolute Gasteiger partial charge is 0.326 e. The van der Waals surface area contributed by atoms with Crippen LogP contribution >= 0.6 is 0 Å². The summed E-state index contributed by atoms with van der Waals surface area (Å²) in [5, 5.41) is 11.0. The molecular formula is C20H18N2O7. The Morgan fingerprint density at radius 3 is 2.59 bits per heavy atom. The Morgan fingerprint density at radius 2 is 1.93 bits per heavy atom. The van der Waals surface area contributed by atoms with E-state index in [2.05, 4.69) is 0 Å². The van der Waals surface area contributed by atoms with Gasteiger partial charge >= 0.3 is 5.97 Å². The summed E-state index contributed by atoms with van der Waals surface area (Å²) >= 11 is 0. The number of nitro benzene ring substituents is 1. The molecule has 0 aliphatic carbocycles. The monoisotopic (exact) mass is 398 g/mol. The molecule has 1 atom stereocenters. The van der Waals surface area contributed by atoms with Crippen LogP contribution in [0.2, 0.25) is 0 Å². The van der Waals surface area contributed by atoms with E-state index >= 15 is 0 Å². The van der Waals surface area contributed by atoms with Crippen molar-refractivity contribution in [2.24, 2.45) is 0 Å². The minimum Gasteiger partial charge on any atom is -0.482 e. The number of hydrogen-bond donors (Lipinski definition) is 0. The first-order chi connectivity index (χ1) is 13.8. The molecule has 2 aromatic rings. The van der Waals surface area contributed by atoms with Crippen molar-refractivity contribution in [3.63, 3.8) is 0 Å². The number of fused-ring (bicyclic) bond motifs is 1. The van der Waals surface area contributed by atoms with Crippen LogP contribution in [0, 0.1) is 17.0 Å². The Kier molecular flexibility index (Phi) is 5.58. The van der Waals surface area contributed by atoms with Gasteiger partial charge in [0.2, 0.25) is 5.78 Å². The first-order valence-electron chi connectivity index (χ1n) is 8.78. The molecular weight excluding hydrogens is 380 g/mol. The van der Waals surface area contributed by atoms with Gasteiger partial charge in [0.25, 0.3) is 11.6 Å². The van der Waals surface area contributed by atoms with Gasteiger partial charge in [-0.05, 0) is 19.9 Å². The number of nitrogens with zero attached hydrogens (tertiary/aromatic N) is 2. The molecule has 9 heteroatoms. The van der Waals surface area contributed by atoms with Crippen molar-refractivity contribution >= 4 is 29.0 Å². The zero-order chi connectivity index (χ0) is 21.1. The van der Waals surface area contributed by atoms with Crippen LogP contribution in [-0.4, -0.2) is 41.8 Å². The molecule has 0 fully saturated rings. The summed E-state index contributed by atoms with van der Waals surface area (Å²) in [4.78, 5) is 48.4. The van der Waals surface area contributed by atoms with E-state index in [0.29, 0.717) is 5.56 Å². The molecule has 0 saturated carbocycles. The van der Waals surface area contributed by atoms with Crippen molar-refractivity contribution in [3.8, 4) is 5.75 Å². The molecule has 0 aromatic heterocycles. The number of ketones is 1. The van der Waals surface area contributed by atoms with Gasteiger partial charge in [0.05, 0.1) is 10.6 Å². The van der Waals surface area contributed by atoms with Crippen LogP contribution in [0.4, 0.5) is 11.4 Å². The summed E-state index contributed by atoms with van der Waals surface area (Å²) < 4.78 is 10.4. The lowest BCUT2D eigenvalue weighted by Gasteiger charge is -2.28. The molecule has 0 spiro atoms. The number of esters is 1. The number of rotatable bonds is 6. The molecule has 29 heavy (non-hydrogen) atoms. The predicted molar refractivity (Wildman–Crippen MR) is 102 cm³/mol. The molecule has 1 aliphatic rings. The normalized spacial score (nSPS) is 13.9. The van der Waals surface area contributed by atoms with Crippen LogP contribution in [0.5, 0.6) is 5.75 Å². The Labute approximate surface area is 166 Å². The lowest BCUT2D eigenvalue weighted by Crippen LogP contribution is -2.43. The third-order valence-corrected chi connectivity index (χ3v) is 4.40. The average Bonchev–Trinajstić information content (AvgIpc) is 2.69. The van der Waals surface area contributed by atoms with E-state index in [-0.39, 0.29) is 29.5 Å². The number of hydrogen-bond acceptors (Lipinski definition) is 7. The van der Waals surface area contributed by atoms with Gasteiger partial charge in [-0.1, -0.05) is 29.8 Å². The highest BCUT2D eigenvalue weighted by Crippen LogP contribution is 2.35. The van der Waals surface area contributed by atoms with Gasteiger partial charge in [0, 0.05) is 17.7 Å². The predicted octanol–water partition coefficient (Wildman–Crippen LogP) is 2.44. The second-order valence-electron chi connectivity index (χ2n) is 6.54. The van der Waals surface area contributed by atoms with Crippen LogP contribution in [-0.2, 0) is 14.3 Å². The van der Waals surface area contributed by atoms with E-state index in [9.17, 15) is 24.5 Å². The Morgan fingerprint density at radius 1 is 1.24 bits per heavy atom. The summed E-state index contributed by atoms with van der Waals surface area (Å²) in [5.41, 5.74) is 1.25. The lowest BCUT2D eigenvalue weighted by molar-refractivity contribution is -0.384. The van der Waals surface area contributed by atoms with Crippen molar-refractivity contribution in [3.05, 3.63) is 63.7 Å². The largest absolute Gasteiger partial charge is 0.482 e. The molecule has 3 rings (SSSR count). The van der Waals surface area contributed by atoms with Gasteiger partial charge in [0.1, 0.15) is 12.3 Å². The third-order valence-electron chi connectivity index (χ3n) is 4.40. The van der Waals surface area contributed by atoms with E-state index in [1.165, 1.54) is 19.1 Å². The zero-order valence-electron chi connectivity index (χ0n) is 15.8. The molecule has 0 N–H and O–H groups in total. The standard InChI is InChI=1S/C20H18N2O7/c1-12-3-5-14(6-4-12)20(25)13(2)29-19(24)10-21-16-9-15(22(26)27)7-8-17(16)28-11-18(21)23/h3-9,13H,10-11H2,1-2H3/t13-/m0/s1. The SMILES string of the molecule is Cc1ccc(C(=O)[C@H](C)OC(=O)CN2C(=O)COc3ccc([N+](=O)[O-])cc32)cc1. The maximum Gasteiger partial charge on any atom is 0.326 e. The van der Waals surface area contributed by atoms with Crippen LogP contribution in [0.1, 0.15) is 22.8 Å². The average molecular weight is 398 g/mol. The molecule has 0 radical (unpaired) electrons. The second kappa shape index (κ2) is 8.09. The summed E-state index contributed by atoms with van der Waals surface area (Å²) in [6.07, 6.45) is -1.05. The second-order valence-corrected chi connectivity index (χ2v) is 6.54. The fourth-order valence-corrected chi connectivity index (χ4v) is 2.85. The van der Waals surface area contributed by atoms with Crippen LogP contribution in [0.3, 0.4) is 0 Å². The van der Waals surface area contributed by atoms with E-state index in [1.54, 1.807) is 24.3 Å². The number of carbonyl (C=O) groups excluding carboxylic acids is 3. The van der Waals surface area contributed by atoms with Crippen molar-refractivity contribution in [1.29, 1.82) is 0 Å². The van der Waals surface area contributed by atoms with Crippen molar-refractivity contribution < 1.29 is 28.8 Å². The van der Waals surface area contributed by atoms with Gasteiger partial charge in [-0.15, -0.1) is 0 Å². The highest BCUT2D eigenvalue weighted by atomic mass is 16.6. The van der Waals surface area contributed by atoms with E-state index < -0.39 is 29.4 Å². The van der Waals surface area contributed by atoms with E-state index in [4.69, 9.17) is 9.47 Å². The van der Waals surface area contributed by atoms with Gasteiger partial charge in [-0.25, -0.2) is 0 Å². The van der Waals surface area contributed by atoms with Crippen LogP contribution < -0.4 is 9.64 Å². The summed E-state index contributed by atoms with van der Waals surface area (Å²) in [7, 11) is 0. The topological polar surface area (TPSA) is 116 Å². The number of nitro groups is 1.